The fourth-order valence-corrected chi connectivity index (χ4v) is 1.10. The number of carbonyl (C=O) groups excluding carboxylic acids is 1. The van der Waals surface area contributed by atoms with Gasteiger partial charge in [0.15, 0.2) is 0 Å². The van der Waals surface area contributed by atoms with Crippen molar-refractivity contribution in [1.82, 2.24) is 5.32 Å². The van der Waals surface area contributed by atoms with Crippen LogP contribution in [-0.2, 0) is 4.79 Å². The second-order valence-electron chi connectivity index (χ2n) is 6.47. The van der Waals surface area contributed by atoms with Crippen LogP contribution in [0.1, 0.15) is 47.5 Å². The third-order valence-corrected chi connectivity index (χ3v) is 3.96. The molecule has 15 heavy (non-hydrogen) atoms. The number of rotatable bonds is 3. The summed E-state index contributed by atoms with van der Waals surface area (Å²) >= 11 is 0. The first-order valence-electron chi connectivity index (χ1n) is 5.66. The van der Waals surface area contributed by atoms with E-state index in [9.17, 15) is 4.79 Å². The van der Waals surface area contributed by atoms with E-state index in [4.69, 9.17) is 5.73 Å². The van der Waals surface area contributed by atoms with Crippen molar-refractivity contribution < 1.29 is 4.79 Å². The summed E-state index contributed by atoms with van der Waals surface area (Å²) in [7, 11) is 0. The second-order valence-corrected chi connectivity index (χ2v) is 6.47. The first-order valence-corrected chi connectivity index (χ1v) is 5.66. The average Bonchev–Trinajstić information content (AvgIpc) is 2.79. The molecule has 0 aliphatic heterocycles. The van der Waals surface area contributed by atoms with Gasteiger partial charge in [0, 0.05) is 6.54 Å². The summed E-state index contributed by atoms with van der Waals surface area (Å²) in [6.45, 7) is 11.6. The molecule has 0 spiro atoms. The molecular weight excluding hydrogens is 188 g/mol. The van der Waals surface area contributed by atoms with Crippen LogP contribution in [0.15, 0.2) is 0 Å². The summed E-state index contributed by atoms with van der Waals surface area (Å²) in [6, 6.07) is 0. The van der Waals surface area contributed by atoms with Gasteiger partial charge in [-0.05, 0) is 23.7 Å². The normalized spacial score (nSPS) is 19.9. The standard InChI is InChI=1S/C12H24N2O/c1-10(2,3)11(4,5)8-14-9(15)12(13)6-7-12/h6-8,13H2,1-5H3,(H,14,15). The lowest BCUT2D eigenvalue weighted by atomic mass is 9.69. The maximum atomic E-state index is 11.7. The fraction of sp³-hybridized carbons (Fsp3) is 0.917. The number of hydrogen-bond donors (Lipinski definition) is 2. The van der Waals surface area contributed by atoms with Crippen LogP contribution in [0.25, 0.3) is 0 Å². The average molecular weight is 212 g/mol. The van der Waals surface area contributed by atoms with E-state index in [1.807, 2.05) is 0 Å². The van der Waals surface area contributed by atoms with Crippen molar-refractivity contribution in [2.45, 2.75) is 53.0 Å². The number of nitrogens with one attached hydrogen (secondary N) is 1. The van der Waals surface area contributed by atoms with Crippen LogP contribution in [0.4, 0.5) is 0 Å². The minimum absolute atomic E-state index is 0.0137. The van der Waals surface area contributed by atoms with Crippen LogP contribution in [0.3, 0.4) is 0 Å². The Labute approximate surface area is 92.8 Å². The minimum Gasteiger partial charge on any atom is -0.354 e. The molecule has 1 fully saturated rings. The molecule has 1 aliphatic rings. The lowest BCUT2D eigenvalue weighted by molar-refractivity contribution is -0.124. The van der Waals surface area contributed by atoms with Gasteiger partial charge >= 0.3 is 0 Å². The van der Waals surface area contributed by atoms with E-state index in [2.05, 4.69) is 39.9 Å². The van der Waals surface area contributed by atoms with E-state index in [0.29, 0.717) is 6.54 Å². The van der Waals surface area contributed by atoms with E-state index in [1.54, 1.807) is 0 Å². The van der Waals surface area contributed by atoms with Crippen LogP contribution in [0.2, 0.25) is 0 Å². The molecule has 0 unspecified atom stereocenters. The highest BCUT2D eigenvalue weighted by molar-refractivity contribution is 5.88. The summed E-state index contributed by atoms with van der Waals surface area (Å²) in [6.07, 6.45) is 1.66. The largest absolute Gasteiger partial charge is 0.354 e. The highest BCUT2D eigenvalue weighted by Crippen LogP contribution is 2.38. The van der Waals surface area contributed by atoms with Gasteiger partial charge in [-0.1, -0.05) is 34.6 Å². The molecule has 0 bridgehead atoms. The molecule has 0 heterocycles. The number of carbonyl (C=O) groups is 1. The molecule has 0 radical (unpaired) electrons. The fourth-order valence-electron chi connectivity index (χ4n) is 1.10. The van der Waals surface area contributed by atoms with Crippen LogP contribution in [0, 0.1) is 10.8 Å². The van der Waals surface area contributed by atoms with Crippen LogP contribution in [0.5, 0.6) is 0 Å². The van der Waals surface area contributed by atoms with Gasteiger partial charge in [-0.15, -0.1) is 0 Å². The topological polar surface area (TPSA) is 55.1 Å². The Morgan fingerprint density at radius 2 is 1.73 bits per heavy atom. The third kappa shape index (κ3) is 2.71. The molecule has 3 N–H and O–H groups in total. The Morgan fingerprint density at radius 1 is 1.27 bits per heavy atom. The Hall–Kier alpha value is -0.570. The predicted molar refractivity (Wildman–Crippen MR) is 62.4 cm³/mol. The van der Waals surface area contributed by atoms with Crippen molar-refractivity contribution in [2.24, 2.45) is 16.6 Å². The van der Waals surface area contributed by atoms with Gasteiger partial charge in [0.2, 0.25) is 5.91 Å². The molecule has 1 aliphatic carbocycles. The molecule has 0 aromatic rings. The zero-order chi connectivity index (χ0) is 11.9. The van der Waals surface area contributed by atoms with Gasteiger partial charge in [0.25, 0.3) is 0 Å². The smallest absolute Gasteiger partial charge is 0.240 e. The predicted octanol–water partition coefficient (Wildman–Crippen LogP) is 1.67. The van der Waals surface area contributed by atoms with Gasteiger partial charge in [0.1, 0.15) is 0 Å². The van der Waals surface area contributed by atoms with Gasteiger partial charge in [-0.2, -0.15) is 0 Å². The molecule has 0 saturated heterocycles. The highest BCUT2D eigenvalue weighted by atomic mass is 16.2. The molecule has 3 heteroatoms. The Bertz CT molecular complexity index is 259. The summed E-state index contributed by atoms with van der Waals surface area (Å²) < 4.78 is 0. The molecule has 1 rings (SSSR count). The minimum atomic E-state index is -0.548. The van der Waals surface area contributed by atoms with Gasteiger partial charge in [0.05, 0.1) is 5.54 Å². The summed E-state index contributed by atoms with van der Waals surface area (Å²) in [5.41, 5.74) is 5.52. The zero-order valence-electron chi connectivity index (χ0n) is 10.6. The Kier molecular flexibility index (Phi) is 2.90. The van der Waals surface area contributed by atoms with Crippen LogP contribution < -0.4 is 11.1 Å². The van der Waals surface area contributed by atoms with Crippen molar-refractivity contribution in [3.8, 4) is 0 Å². The van der Waals surface area contributed by atoms with Gasteiger partial charge < -0.3 is 11.1 Å². The maximum absolute atomic E-state index is 11.7. The van der Waals surface area contributed by atoms with E-state index < -0.39 is 5.54 Å². The number of hydrogen-bond acceptors (Lipinski definition) is 2. The first kappa shape index (κ1) is 12.5. The summed E-state index contributed by atoms with van der Waals surface area (Å²) in [4.78, 5) is 11.7. The lowest BCUT2D eigenvalue weighted by Gasteiger charge is -2.39. The van der Waals surface area contributed by atoms with E-state index >= 15 is 0 Å². The third-order valence-electron chi connectivity index (χ3n) is 3.96. The van der Waals surface area contributed by atoms with Crippen molar-refractivity contribution in [2.75, 3.05) is 6.54 Å². The van der Waals surface area contributed by atoms with Crippen molar-refractivity contribution in [3.05, 3.63) is 0 Å². The van der Waals surface area contributed by atoms with Crippen molar-refractivity contribution in [3.63, 3.8) is 0 Å². The first-order chi connectivity index (χ1) is 6.58. The Morgan fingerprint density at radius 3 is 2.07 bits per heavy atom. The number of nitrogens with two attached hydrogens (primary N) is 1. The van der Waals surface area contributed by atoms with Crippen molar-refractivity contribution in [1.29, 1.82) is 0 Å². The SMILES string of the molecule is CC(C)(C)C(C)(C)CNC(=O)C1(N)CC1. The molecular formula is C12H24N2O. The zero-order valence-corrected chi connectivity index (χ0v) is 10.6. The van der Waals surface area contributed by atoms with Gasteiger partial charge in [-0.25, -0.2) is 0 Å². The van der Waals surface area contributed by atoms with E-state index in [0.717, 1.165) is 12.8 Å². The molecule has 0 aromatic heterocycles. The van der Waals surface area contributed by atoms with E-state index in [1.165, 1.54) is 0 Å². The Balaban J connectivity index is 2.46. The molecule has 0 aromatic carbocycles. The molecule has 0 atom stereocenters. The molecule has 3 nitrogen and oxygen atoms in total. The van der Waals surface area contributed by atoms with Crippen LogP contribution in [-0.4, -0.2) is 18.0 Å². The lowest BCUT2D eigenvalue weighted by Crippen LogP contribution is -2.48. The molecule has 1 amide bonds. The van der Waals surface area contributed by atoms with Gasteiger partial charge in [-0.3, -0.25) is 4.79 Å². The van der Waals surface area contributed by atoms with Crippen LogP contribution >= 0.6 is 0 Å². The monoisotopic (exact) mass is 212 g/mol. The summed E-state index contributed by atoms with van der Waals surface area (Å²) in [5, 5.41) is 2.97. The van der Waals surface area contributed by atoms with Crippen molar-refractivity contribution >= 4 is 5.91 Å². The quantitative estimate of drug-likeness (QED) is 0.747. The number of amides is 1. The second kappa shape index (κ2) is 3.48. The maximum Gasteiger partial charge on any atom is 0.240 e. The molecule has 1 saturated carbocycles. The summed E-state index contributed by atoms with van der Waals surface area (Å²) in [5.74, 6) is 0.0137. The molecule has 88 valence electrons. The highest BCUT2D eigenvalue weighted by Gasteiger charge is 2.46. The van der Waals surface area contributed by atoms with E-state index in [-0.39, 0.29) is 16.7 Å².